The van der Waals surface area contributed by atoms with Crippen LogP contribution in [0.5, 0.6) is 11.5 Å². The molecule has 0 atom stereocenters. The number of benzene rings is 2. The summed E-state index contributed by atoms with van der Waals surface area (Å²) in [6, 6.07) is 5.65. The Hall–Kier alpha value is -3.34. The van der Waals surface area contributed by atoms with Crippen LogP contribution in [0.1, 0.15) is 29.8 Å². The summed E-state index contributed by atoms with van der Waals surface area (Å²) in [4.78, 5) is 27.6. The van der Waals surface area contributed by atoms with Gasteiger partial charge in [0.05, 0.1) is 21.2 Å². The molecule has 12 heteroatoms. The predicted molar refractivity (Wildman–Crippen MR) is 105 cm³/mol. The lowest BCUT2D eigenvalue weighted by Crippen LogP contribution is -2.12. The first-order chi connectivity index (χ1) is 14.5. The van der Waals surface area contributed by atoms with Crippen molar-refractivity contribution >= 4 is 29.0 Å². The van der Waals surface area contributed by atoms with Crippen LogP contribution in [0.2, 0.25) is 5.02 Å². The summed E-state index contributed by atoms with van der Waals surface area (Å²) < 4.78 is 48.6. The standard InChI is InChI=1S/C19H16ClF3N2O6/c1-11(2)24-30-8-7-29-18(26)14-10-13(4-5-16(14)25(27)28)31-17-6-3-12(9-15(17)20)19(21,22)23/h3-6,9-10H,7-8H2,1-2H3. The van der Waals surface area contributed by atoms with Gasteiger partial charge in [-0.2, -0.15) is 13.2 Å². The predicted octanol–water partition coefficient (Wildman–Crippen LogP) is 5.63. The molecule has 0 unspecified atom stereocenters. The summed E-state index contributed by atoms with van der Waals surface area (Å²) in [6.45, 7) is 3.11. The number of rotatable bonds is 8. The Bertz CT molecular complexity index is 1010. The zero-order valence-corrected chi connectivity index (χ0v) is 17.0. The first-order valence-electron chi connectivity index (χ1n) is 8.62. The topological polar surface area (TPSA) is 100 Å². The molecule has 2 aromatic carbocycles. The van der Waals surface area contributed by atoms with Crippen molar-refractivity contribution in [2.45, 2.75) is 20.0 Å². The summed E-state index contributed by atoms with van der Waals surface area (Å²) in [7, 11) is 0. The highest BCUT2D eigenvalue weighted by molar-refractivity contribution is 6.32. The van der Waals surface area contributed by atoms with Gasteiger partial charge in [-0.3, -0.25) is 10.1 Å². The number of alkyl halides is 3. The third-order valence-corrected chi connectivity index (χ3v) is 3.82. The van der Waals surface area contributed by atoms with E-state index in [4.69, 9.17) is 25.9 Å². The molecule has 0 N–H and O–H groups in total. The molecule has 0 radical (unpaired) electrons. The Balaban J connectivity index is 2.20. The summed E-state index contributed by atoms with van der Waals surface area (Å²) in [6.07, 6.45) is -4.59. The van der Waals surface area contributed by atoms with E-state index in [9.17, 15) is 28.1 Å². The van der Waals surface area contributed by atoms with Gasteiger partial charge in [0.1, 0.15) is 23.7 Å². The number of nitrogens with zero attached hydrogens (tertiary/aromatic N) is 2. The first-order valence-corrected chi connectivity index (χ1v) is 9.00. The maximum atomic E-state index is 12.7. The van der Waals surface area contributed by atoms with E-state index >= 15 is 0 Å². The molecule has 0 heterocycles. The Morgan fingerprint density at radius 1 is 1.16 bits per heavy atom. The average molecular weight is 461 g/mol. The molecular formula is C19H16ClF3N2O6. The molecule has 166 valence electrons. The highest BCUT2D eigenvalue weighted by atomic mass is 35.5. The third kappa shape index (κ3) is 6.85. The number of oxime groups is 1. The zero-order valence-electron chi connectivity index (χ0n) is 16.2. The maximum absolute atomic E-state index is 12.7. The minimum absolute atomic E-state index is 0.0674. The van der Waals surface area contributed by atoms with Gasteiger partial charge in [-0.25, -0.2) is 4.79 Å². The molecule has 0 aliphatic heterocycles. The van der Waals surface area contributed by atoms with Gasteiger partial charge in [0.15, 0.2) is 6.61 Å². The molecule has 0 amide bonds. The van der Waals surface area contributed by atoms with Gasteiger partial charge in [-0.1, -0.05) is 16.8 Å². The number of nitro groups is 1. The fourth-order valence-electron chi connectivity index (χ4n) is 2.21. The van der Waals surface area contributed by atoms with Crippen LogP contribution in [0.25, 0.3) is 0 Å². The molecule has 0 spiro atoms. The van der Waals surface area contributed by atoms with Crippen LogP contribution in [-0.4, -0.2) is 29.8 Å². The molecule has 8 nitrogen and oxygen atoms in total. The average Bonchev–Trinajstić information content (AvgIpc) is 2.67. The van der Waals surface area contributed by atoms with Crippen LogP contribution in [-0.2, 0) is 15.8 Å². The minimum atomic E-state index is -4.59. The van der Waals surface area contributed by atoms with Crippen molar-refractivity contribution in [2.24, 2.45) is 5.16 Å². The fraction of sp³-hybridized carbons (Fsp3) is 0.263. The highest BCUT2D eigenvalue weighted by Crippen LogP contribution is 2.37. The SMILES string of the molecule is CC(C)=NOCCOC(=O)c1cc(Oc2ccc(C(F)(F)F)cc2Cl)ccc1[N+](=O)[O-]. The van der Waals surface area contributed by atoms with E-state index < -0.39 is 33.9 Å². The van der Waals surface area contributed by atoms with E-state index in [-0.39, 0.29) is 29.7 Å². The fourth-order valence-corrected chi connectivity index (χ4v) is 2.43. The highest BCUT2D eigenvalue weighted by Gasteiger charge is 2.31. The molecular weight excluding hydrogens is 445 g/mol. The smallest absolute Gasteiger partial charge is 0.416 e. The number of halogens is 4. The molecule has 0 saturated heterocycles. The Morgan fingerprint density at radius 2 is 1.87 bits per heavy atom. The number of hydrogen-bond donors (Lipinski definition) is 0. The molecule has 0 bridgehead atoms. The number of hydrogen-bond acceptors (Lipinski definition) is 7. The van der Waals surface area contributed by atoms with Gasteiger partial charge in [-0.15, -0.1) is 0 Å². The van der Waals surface area contributed by atoms with Crippen molar-refractivity contribution in [3.8, 4) is 11.5 Å². The van der Waals surface area contributed by atoms with E-state index in [0.717, 1.165) is 24.3 Å². The van der Waals surface area contributed by atoms with Crippen molar-refractivity contribution in [3.63, 3.8) is 0 Å². The van der Waals surface area contributed by atoms with E-state index in [1.54, 1.807) is 13.8 Å². The number of nitro benzene ring substituents is 1. The van der Waals surface area contributed by atoms with Gasteiger partial charge >= 0.3 is 12.1 Å². The molecule has 0 aliphatic carbocycles. The van der Waals surface area contributed by atoms with Crippen LogP contribution in [0, 0.1) is 10.1 Å². The zero-order chi connectivity index (χ0) is 23.2. The van der Waals surface area contributed by atoms with Crippen LogP contribution in [0.4, 0.5) is 18.9 Å². The lowest BCUT2D eigenvalue weighted by molar-refractivity contribution is -0.385. The lowest BCUT2D eigenvalue weighted by atomic mass is 10.1. The summed E-state index contributed by atoms with van der Waals surface area (Å²) in [5, 5.41) is 14.5. The largest absolute Gasteiger partial charge is 0.458 e. The van der Waals surface area contributed by atoms with E-state index in [0.29, 0.717) is 11.8 Å². The van der Waals surface area contributed by atoms with Crippen molar-refractivity contribution in [1.29, 1.82) is 0 Å². The van der Waals surface area contributed by atoms with Gasteiger partial charge in [0, 0.05) is 12.1 Å². The summed E-state index contributed by atoms with van der Waals surface area (Å²) in [5.41, 5.74) is -1.28. The van der Waals surface area contributed by atoms with E-state index in [2.05, 4.69) is 5.16 Å². The maximum Gasteiger partial charge on any atom is 0.416 e. The molecule has 0 aromatic heterocycles. The van der Waals surface area contributed by atoms with Crippen LogP contribution < -0.4 is 4.74 Å². The van der Waals surface area contributed by atoms with Crippen molar-refractivity contribution in [2.75, 3.05) is 13.2 Å². The Morgan fingerprint density at radius 3 is 2.45 bits per heavy atom. The lowest BCUT2D eigenvalue weighted by Gasteiger charge is -2.12. The van der Waals surface area contributed by atoms with Crippen LogP contribution >= 0.6 is 11.6 Å². The number of carbonyl (C=O) groups excluding carboxylic acids is 1. The monoisotopic (exact) mass is 460 g/mol. The van der Waals surface area contributed by atoms with Crippen molar-refractivity contribution < 1.29 is 37.2 Å². The van der Waals surface area contributed by atoms with Gasteiger partial charge in [0.25, 0.3) is 5.69 Å². The Labute approximate surface area is 179 Å². The quantitative estimate of drug-likeness (QED) is 0.166. The number of esters is 1. The number of carbonyl (C=O) groups is 1. The summed E-state index contributed by atoms with van der Waals surface area (Å²) >= 11 is 5.84. The second kappa shape index (κ2) is 10.1. The van der Waals surface area contributed by atoms with Gasteiger partial charge in [0.2, 0.25) is 0 Å². The molecule has 2 rings (SSSR count). The third-order valence-electron chi connectivity index (χ3n) is 3.53. The Kier molecular flexibility index (Phi) is 7.81. The summed E-state index contributed by atoms with van der Waals surface area (Å²) in [5.74, 6) is -1.22. The second-order valence-electron chi connectivity index (χ2n) is 6.19. The first kappa shape index (κ1) is 23.9. The van der Waals surface area contributed by atoms with Crippen molar-refractivity contribution in [3.05, 3.63) is 62.7 Å². The van der Waals surface area contributed by atoms with Crippen LogP contribution in [0.15, 0.2) is 41.6 Å². The molecule has 31 heavy (non-hydrogen) atoms. The number of ether oxygens (including phenoxy) is 2. The second-order valence-corrected chi connectivity index (χ2v) is 6.60. The molecule has 0 saturated carbocycles. The van der Waals surface area contributed by atoms with Gasteiger partial charge in [-0.05, 0) is 38.1 Å². The molecule has 0 fully saturated rings. The van der Waals surface area contributed by atoms with Gasteiger partial charge < -0.3 is 14.3 Å². The normalized spacial score (nSPS) is 10.9. The molecule has 0 aliphatic rings. The van der Waals surface area contributed by atoms with Crippen LogP contribution in [0.3, 0.4) is 0 Å². The minimum Gasteiger partial charge on any atom is -0.458 e. The van der Waals surface area contributed by atoms with E-state index in [1.807, 2.05) is 0 Å². The molecule has 2 aromatic rings. The van der Waals surface area contributed by atoms with E-state index in [1.165, 1.54) is 6.07 Å². The van der Waals surface area contributed by atoms with Crippen molar-refractivity contribution in [1.82, 2.24) is 0 Å².